The zero-order valence-corrected chi connectivity index (χ0v) is 11.2. The van der Waals surface area contributed by atoms with Gasteiger partial charge in [-0.25, -0.2) is 4.39 Å². The van der Waals surface area contributed by atoms with E-state index >= 15 is 0 Å². The SMILES string of the molecule is C[C@H](O)c1ccccc1OCc1ccc(F)c(Cl)c1. The van der Waals surface area contributed by atoms with Gasteiger partial charge in [-0.2, -0.15) is 0 Å². The second-order valence-electron chi connectivity index (χ2n) is 4.25. The first-order chi connectivity index (χ1) is 9.08. The highest BCUT2D eigenvalue weighted by Crippen LogP contribution is 2.25. The van der Waals surface area contributed by atoms with E-state index in [9.17, 15) is 9.50 Å². The van der Waals surface area contributed by atoms with Gasteiger partial charge < -0.3 is 9.84 Å². The van der Waals surface area contributed by atoms with E-state index in [1.165, 1.54) is 12.1 Å². The number of hydrogen-bond acceptors (Lipinski definition) is 2. The van der Waals surface area contributed by atoms with Crippen molar-refractivity contribution in [2.24, 2.45) is 0 Å². The molecule has 0 radical (unpaired) electrons. The average molecular weight is 281 g/mol. The van der Waals surface area contributed by atoms with Gasteiger partial charge in [-0.15, -0.1) is 0 Å². The Morgan fingerprint density at radius 3 is 2.68 bits per heavy atom. The van der Waals surface area contributed by atoms with Gasteiger partial charge in [0.05, 0.1) is 11.1 Å². The quantitative estimate of drug-likeness (QED) is 0.913. The Bertz CT molecular complexity index is 570. The van der Waals surface area contributed by atoms with Gasteiger partial charge in [0.15, 0.2) is 0 Å². The first kappa shape index (κ1) is 13.8. The Morgan fingerprint density at radius 2 is 2.00 bits per heavy atom. The fourth-order valence-electron chi connectivity index (χ4n) is 1.75. The minimum absolute atomic E-state index is 0.0740. The largest absolute Gasteiger partial charge is 0.489 e. The molecule has 1 N–H and O–H groups in total. The van der Waals surface area contributed by atoms with Crippen LogP contribution in [0.25, 0.3) is 0 Å². The maximum Gasteiger partial charge on any atom is 0.141 e. The molecular formula is C15H14ClFO2. The first-order valence-corrected chi connectivity index (χ1v) is 6.29. The summed E-state index contributed by atoms with van der Waals surface area (Å²) in [6, 6.07) is 11.7. The van der Waals surface area contributed by atoms with Gasteiger partial charge in [0.25, 0.3) is 0 Å². The Balaban J connectivity index is 2.12. The van der Waals surface area contributed by atoms with Crippen molar-refractivity contribution in [2.45, 2.75) is 19.6 Å². The van der Waals surface area contributed by atoms with E-state index in [1.807, 2.05) is 12.1 Å². The summed E-state index contributed by atoms with van der Waals surface area (Å²) in [5.74, 6) is 0.160. The van der Waals surface area contributed by atoms with Crippen LogP contribution in [0.5, 0.6) is 5.75 Å². The van der Waals surface area contributed by atoms with Gasteiger partial charge in [0, 0.05) is 5.56 Å². The molecule has 0 aliphatic heterocycles. The summed E-state index contributed by atoms with van der Waals surface area (Å²) in [7, 11) is 0. The zero-order chi connectivity index (χ0) is 13.8. The van der Waals surface area contributed by atoms with Crippen LogP contribution in [0.1, 0.15) is 24.2 Å². The Morgan fingerprint density at radius 1 is 1.26 bits per heavy atom. The van der Waals surface area contributed by atoms with Crippen molar-refractivity contribution in [1.82, 2.24) is 0 Å². The maximum absolute atomic E-state index is 13.0. The molecule has 2 aromatic carbocycles. The number of para-hydroxylation sites is 1. The molecule has 2 nitrogen and oxygen atoms in total. The maximum atomic E-state index is 13.0. The molecule has 0 unspecified atom stereocenters. The van der Waals surface area contributed by atoms with Crippen LogP contribution in [0, 0.1) is 5.82 Å². The van der Waals surface area contributed by atoms with Crippen molar-refractivity contribution in [1.29, 1.82) is 0 Å². The number of ether oxygens (including phenoxy) is 1. The number of benzene rings is 2. The highest BCUT2D eigenvalue weighted by Gasteiger charge is 2.08. The monoisotopic (exact) mass is 280 g/mol. The van der Waals surface area contributed by atoms with E-state index < -0.39 is 11.9 Å². The number of aliphatic hydroxyl groups is 1. The van der Waals surface area contributed by atoms with Crippen molar-refractivity contribution >= 4 is 11.6 Å². The third-order valence-corrected chi connectivity index (χ3v) is 3.04. The van der Waals surface area contributed by atoms with Crippen molar-refractivity contribution in [2.75, 3.05) is 0 Å². The average Bonchev–Trinajstić information content (AvgIpc) is 2.40. The molecular weight excluding hydrogens is 267 g/mol. The lowest BCUT2D eigenvalue weighted by Gasteiger charge is -2.13. The second-order valence-corrected chi connectivity index (χ2v) is 4.66. The summed E-state index contributed by atoms with van der Waals surface area (Å²) in [6.45, 7) is 1.95. The van der Waals surface area contributed by atoms with Crippen molar-refractivity contribution in [3.63, 3.8) is 0 Å². The molecule has 0 spiro atoms. The van der Waals surface area contributed by atoms with E-state index in [-0.39, 0.29) is 11.6 Å². The molecule has 0 aliphatic rings. The Hall–Kier alpha value is -1.58. The molecule has 19 heavy (non-hydrogen) atoms. The van der Waals surface area contributed by atoms with Gasteiger partial charge in [-0.1, -0.05) is 35.9 Å². The Kier molecular flexibility index (Phi) is 4.40. The molecule has 4 heteroatoms. The number of aliphatic hydroxyl groups excluding tert-OH is 1. The van der Waals surface area contributed by atoms with Gasteiger partial charge in [-0.05, 0) is 30.7 Å². The van der Waals surface area contributed by atoms with Crippen LogP contribution in [0.2, 0.25) is 5.02 Å². The number of halogens is 2. The summed E-state index contributed by atoms with van der Waals surface area (Å²) in [6.07, 6.45) is -0.604. The van der Waals surface area contributed by atoms with Crippen LogP contribution in [-0.2, 0) is 6.61 Å². The molecule has 2 aromatic rings. The molecule has 0 saturated carbocycles. The van der Waals surface area contributed by atoms with E-state index in [0.717, 1.165) is 11.1 Å². The number of hydrogen-bond donors (Lipinski definition) is 1. The molecule has 0 fully saturated rings. The normalized spacial score (nSPS) is 12.2. The van der Waals surface area contributed by atoms with Crippen LogP contribution in [0.4, 0.5) is 4.39 Å². The predicted molar refractivity (Wildman–Crippen MR) is 72.8 cm³/mol. The minimum atomic E-state index is -0.604. The molecule has 0 heterocycles. The highest BCUT2D eigenvalue weighted by molar-refractivity contribution is 6.30. The molecule has 100 valence electrons. The topological polar surface area (TPSA) is 29.5 Å². The molecule has 1 atom stereocenters. The van der Waals surface area contributed by atoms with E-state index in [2.05, 4.69) is 0 Å². The lowest BCUT2D eigenvalue weighted by molar-refractivity contribution is 0.190. The summed E-state index contributed by atoms with van der Waals surface area (Å²) in [5.41, 5.74) is 1.49. The van der Waals surface area contributed by atoms with Crippen LogP contribution in [0.3, 0.4) is 0 Å². The summed E-state index contributed by atoms with van der Waals surface area (Å²) in [5, 5.41) is 9.71. The minimum Gasteiger partial charge on any atom is -0.489 e. The molecule has 2 rings (SSSR count). The third kappa shape index (κ3) is 3.46. The predicted octanol–water partition coefficient (Wildman–Crippen LogP) is 4.11. The van der Waals surface area contributed by atoms with Crippen LogP contribution in [-0.4, -0.2) is 5.11 Å². The number of rotatable bonds is 4. The lowest BCUT2D eigenvalue weighted by atomic mass is 10.1. The molecule has 0 aliphatic carbocycles. The van der Waals surface area contributed by atoms with Crippen molar-refractivity contribution in [3.05, 3.63) is 64.4 Å². The fourth-order valence-corrected chi connectivity index (χ4v) is 1.95. The molecule has 0 aromatic heterocycles. The summed E-state index contributed by atoms with van der Waals surface area (Å²) in [4.78, 5) is 0. The van der Waals surface area contributed by atoms with Gasteiger partial charge in [0.1, 0.15) is 18.2 Å². The molecule has 0 saturated heterocycles. The standard InChI is InChI=1S/C15H14ClFO2/c1-10(18)12-4-2-3-5-15(12)19-9-11-6-7-14(17)13(16)8-11/h2-8,10,18H,9H2,1H3/t10-/m0/s1. The lowest BCUT2D eigenvalue weighted by Crippen LogP contribution is -2.01. The highest BCUT2D eigenvalue weighted by atomic mass is 35.5. The van der Waals surface area contributed by atoms with Crippen molar-refractivity contribution in [3.8, 4) is 5.75 Å². The van der Waals surface area contributed by atoms with Crippen molar-refractivity contribution < 1.29 is 14.2 Å². The van der Waals surface area contributed by atoms with E-state index in [1.54, 1.807) is 25.1 Å². The molecule has 0 bridgehead atoms. The third-order valence-electron chi connectivity index (χ3n) is 2.75. The molecule has 0 amide bonds. The Labute approximate surface area is 116 Å². The van der Waals surface area contributed by atoms with Gasteiger partial charge >= 0.3 is 0 Å². The smallest absolute Gasteiger partial charge is 0.141 e. The van der Waals surface area contributed by atoms with E-state index in [0.29, 0.717) is 5.75 Å². The van der Waals surface area contributed by atoms with Gasteiger partial charge in [0.2, 0.25) is 0 Å². The van der Waals surface area contributed by atoms with E-state index in [4.69, 9.17) is 16.3 Å². The first-order valence-electron chi connectivity index (χ1n) is 5.91. The zero-order valence-electron chi connectivity index (χ0n) is 10.4. The second kappa shape index (κ2) is 6.04. The summed E-state index contributed by atoms with van der Waals surface area (Å²) < 4.78 is 18.7. The van der Waals surface area contributed by atoms with Gasteiger partial charge in [-0.3, -0.25) is 0 Å². The summed E-state index contributed by atoms with van der Waals surface area (Å²) >= 11 is 5.71. The van der Waals surface area contributed by atoms with Crippen LogP contribution < -0.4 is 4.74 Å². The van der Waals surface area contributed by atoms with Crippen LogP contribution >= 0.6 is 11.6 Å². The fraction of sp³-hybridized carbons (Fsp3) is 0.200. The van der Waals surface area contributed by atoms with Crippen LogP contribution in [0.15, 0.2) is 42.5 Å².